The first-order chi connectivity index (χ1) is 16.2. The van der Waals surface area contributed by atoms with E-state index in [1.807, 2.05) is 0 Å². The number of rotatable bonds is 7. The SMILES string of the molecule is [2H]C([2H])([2H])N(CCc1c[nH]c2cccc(OC(=O)C3CC(C(=O)O)CC(C(=O)O)C3)c12)C([2H])([2H])[2H]. The molecule has 1 aliphatic rings. The highest BCUT2D eigenvalue weighted by Crippen LogP contribution is 2.36. The molecule has 3 rings (SSSR count). The zero-order valence-corrected chi connectivity index (χ0v) is 15.6. The number of likely N-dealkylation sites (N-methyl/N-ethyl adjacent to an activating group) is 1. The third-order valence-corrected chi connectivity index (χ3v) is 5.30. The van der Waals surface area contributed by atoms with Crippen molar-refractivity contribution in [2.75, 3.05) is 20.5 Å². The molecule has 2 unspecified atom stereocenters. The minimum Gasteiger partial charge on any atom is -0.481 e. The molecule has 1 aromatic heterocycles. The third kappa shape index (κ3) is 4.76. The van der Waals surface area contributed by atoms with Gasteiger partial charge in [-0.25, -0.2) is 0 Å². The lowest BCUT2D eigenvalue weighted by atomic mass is 9.75. The molecule has 1 heterocycles. The first kappa shape index (κ1) is 14.2. The van der Waals surface area contributed by atoms with Crippen molar-refractivity contribution < 1.29 is 37.6 Å². The molecular weight excluding hydrogens is 376 g/mol. The van der Waals surface area contributed by atoms with Gasteiger partial charge in [-0.3, -0.25) is 14.4 Å². The highest BCUT2D eigenvalue weighted by molar-refractivity contribution is 5.92. The molecule has 3 N–H and O–H groups in total. The molecule has 0 spiro atoms. The van der Waals surface area contributed by atoms with E-state index in [0.717, 1.165) is 0 Å². The second-order valence-electron chi connectivity index (χ2n) is 7.29. The van der Waals surface area contributed by atoms with Crippen molar-refractivity contribution in [2.24, 2.45) is 17.8 Å². The number of hydrogen-bond donors (Lipinski definition) is 3. The molecule has 29 heavy (non-hydrogen) atoms. The molecule has 0 bridgehead atoms. The zero-order chi connectivity index (χ0) is 26.1. The molecule has 8 heteroatoms. The van der Waals surface area contributed by atoms with Gasteiger partial charge in [-0.05, 0) is 57.3 Å². The average molecular weight is 408 g/mol. The summed E-state index contributed by atoms with van der Waals surface area (Å²) >= 11 is 0. The molecule has 2 aromatic rings. The first-order valence-corrected chi connectivity index (χ1v) is 9.22. The van der Waals surface area contributed by atoms with Crippen LogP contribution >= 0.6 is 0 Å². The van der Waals surface area contributed by atoms with Crippen LogP contribution < -0.4 is 4.74 Å². The van der Waals surface area contributed by atoms with Crippen LogP contribution in [-0.2, 0) is 20.8 Å². The second-order valence-corrected chi connectivity index (χ2v) is 7.29. The van der Waals surface area contributed by atoms with E-state index >= 15 is 0 Å². The number of nitrogens with zero attached hydrogens (tertiary/aromatic N) is 1. The maximum Gasteiger partial charge on any atom is 0.314 e. The number of esters is 1. The van der Waals surface area contributed by atoms with Crippen molar-refractivity contribution in [3.8, 4) is 5.75 Å². The Bertz CT molecular complexity index is 1080. The number of carbonyl (C=O) groups excluding carboxylic acids is 1. The van der Waals surface area contributed by atoms with Crippen molar-refractivity contribution >= 4 is 28.8 Å². The second kappa shape index (κ2) is 8.65. The van der Waals surface area contributed by atoms with Gasteiger partial charge in [0.05, 0.1) is 17.8 Å². The van der Waals surface area contributed by atoms with Gasteiger partial charge in [-0.1, -0.05) is 6.07 Å². The fraction of sp³-hybridized carbons (Fsp3) is 0.476. The standard InChI is InChI=1S/C21H26N2O6/c1-23(2)7-6-12-11-22-16-4-3-5-17(18(12)16)29-21(28)15-9-13(19(24)25)8-14(10-15)20(26)27/h3-5,11,13-15,22H,6-10H2,1-2H3,(H,24,25)(H,26,27)/i1D3,2D3. The number of carboxylic acid groups (broad SMARTS) is 2. The Morgan fingerprint density at radius 1 is 1.14 bits per heavy atom. The number of fused-ring (bicyclic) bond motifs is 1. The van der Waals surface area contributed by atoms with Gasteiger partial charge in [0.15, 0.2) is 0 Å². The predicted molar refractivity (Wildman–Crippen MR) is 106 cm³/mol. The van der Waals surface area contributed by atoms with Gasteiger partial charge < -0.3 is 24.8 Å². The molecule has 1 aliphatic carbocycles. The van der Waals surface area contributed by atoms with E-state index in [9.17, 15) is 24.6 Å². The Hall–Kier alpha value is -2.87. The molecule has 0 aliphatic heterocycles. The summed E-state index contributed by atoms with van der Waals surface area (Å²) < 4.78 is 50.7. The predicted octanol–water partition coefficient (Wildman–Crippen LogP) is 2.38. The van der Waals surface area contributed by atoms with Crippen molar-refractivity contribution in [1.29, 1.82) is 0 Å². The molecule has 2 atom stereocenters. The molecule has 8 nitrogen and oxygen atoms in total. The molecular formula is C21H26N2O6. The summed E-state index contributed by atoms with van der Waals surface area (Å²) in [6.07, 6.45) is 1.45. The summed E-state index contributed by atoms with van der Waals surface area (Å²) in [5, 5.41) is 19.2. The first-order valence-electron chi connectivity index (χ1n) is 12.2. The van der Waals surface area contributed by atoms with Crippen LogP contribution in [0.4, 0.5) is 0 Å². The van der Waals surface area contributed by atoms with Crippen LogP contribution in [0, 0.1) is 17.8 Å². The molecule has 1 saturated carbocycles. The number of carbonyl (C=O) groups is 3. The summed E-state index contributed by atoms with van der Waals surface area (Å²) in [5.74, 6) is -5.85. The Morgan fingerprint density at radius 3 is 2.41 bits per heavy atom. The maximum atomic E-state index is 12.9. The van der Waals surface area contributed by atoms with Crippen LogP contribution in [0.2, 0.25) is 0 Å². The van der Waals surface area contributed by atoms with Crippen molar-refractivity contribution in [2.45, 2.75) is 25.7 Å². The maximum absolute atomic E-state index is 12.9. The number of carboxylic acids is 2. The van der Waals surface area contributed by atoms with Crippen LogP contribution in [0.15, 0.2) is 24.4 Å². The molecule has 0 radical (unpaired) electrons. The van der Waals surface area contributed by atoms with Crippen LogP contribution in [0.3, 0.4) is 0 Å². The lowest BCUT2D eigenvalue weighted by Crippen LogP contribution is -2.36. The minimum atomic E-state index is -2.84. The number of nitrogens with one attached hydrogen (secondary N) is 1. The number of benzene rings is 1. The van der Waals surface area contributed by atoms with Gasteiger partial charge in [0.1, 0.15) is 5.75 Å². The smallest absolute Gasteiger partial charge is 0.314 e. The van der Waals surface area contributed by atoms with Gasteiger partial charge >= 0.3 is 17.9 Å². The summed E-state index contributed by atoms with van der Waals surface area (Å²) in [7, 11) is 0. The molecule has 1 aromatic carbocycles. The number of aromatic nitrogens is 1. The molecule has 0 saturated heterocycles. The van der Waals surface area contributed by atoms with E-state index in [0.29, 0.717) is 21.4 Å². The Labute approximate surface area is 176 Å². The lowest BCUT2D eigenvalue weighted by molar-refractivity contribution is -0.152. The third-order valence-electron chi connectivity index (χ3n) is 5.30. The fourth-order valence-electron chi connectivity index (χ4n) is 3.84. The number of aliphatic carboxylic acids is 2. The van der Waals surface area contributed by atoms with Gasteiger partial charge in [-0.15, -0.1) is 0 Å². The number of aromatic amines is 1. The lowest BCUT2D eigenvalue weighted by Gasteiger charge is -2.29. The quantitative estimate of drug-likeness (QED) is 0.475. The van der Waals surface area contributed by atoms with Gasteiger partial charge in [0.2, 0.25) is 0 Å². The molecule has 1 fully saturated rings. The Kier molecular flexibility index (Phi) is 4.23. The van der Waals surface area contributed by atoms with E-state index in [1.54, 1.807) is 18.3 Å². The number of H-pyrrole nitrogens is 1. The average Bonchev–Trinajstić information content (AvgIpc) is 3.15. The largest absolute Gasteiger partial charge is 0.481 e. The summed E-state index contributed by atoms with van der Waals surface area (Å²) in [5.41, 5.74) is 1.09. The zero-order valence-electron chi connectivity index (χ0n) is 21.6. The van der Waals surface area contributed by atoms with E-state index in [2.05, 4.69) is 4.98 Å². The van der Waals surface area contributed by atoms with Crippen LogP contribution in [-0.4, -0.2) is 58.5 Å². The van der Waals surface area contributed by atoms with E-state index in [1.165, 1.54) is 6.07 Å². The minimum absolute atomic E-state index is 0.0248. The van der Waals surface area contributed by atoms with Crippen molar-refractivity contribution in [1.82, 2.24) is 9.88 Å². The van der Waals surface area contributed by atoms with Crippen molar-refractivity contribution in [3.05, 3.63) is 30.0 Å². The van der Waals surface area contributed by atoms with Crippen LogP contribution in [0.5, 0.6) is 5.75 Å². The highest BCUT2D eigenvalue weighted by Gasteiger charge is 2.40. The van der Waals surface area contributed by atoms with Crippen molar-refractivity contribution in [3.63, 3.8) is 0 Å². The van der Waals surface area contributed by atoms with Gasteiger partial charge in [0.25, 0.3) is 0 Å². The van der Waals surface area contributed by atoms with E-state index < -0.39 is 49.6 Å². The summed E-state index contributed by atoms with van der Waals surface area (Å²) in [6.45, 7) is -5.99. The molecule has 156 valence electrons. The molecule has 0 amide bonds. The van der Waals surface area contributed by atoms with Gasteiger partial charge in [0, 0.05) is 31.9 Å². The monoisotopic (exact) mass is 408 g/mol. The van der Waals surface area contributed by atoms with Crippen LogP contribution in [0.25, 0.3) is 10.9 Å². The normalized spacial score (nSPS) is 25.9. The number of hydrogen-bond acceptors (Lipinski definition) is 5. The summed E-state index contributed by atoms with van der Waals surface area (Å²) in [4.78, 5) is 39.3. The Balaban J connectivity index is 1.84. The highest BCUT2D eigenvalue weighted by atomic mass is 16.5. The summed E-state index contributed by atoms with van der Waals surface area (Å²) in [6, 6.07) is 4.82. The Morgan fingerprint density at radius 2 is 1.79 bits per heavy atom. The number of ether oxygens (including phenoxy) is 1. The van der Waals surface area contributed by atoms with E-state index in [4.69, 9.17) is 13.0 Å². The topological polar surface area (TPSA) is 120 Å². The van der Waals surface area contributed by atoms with Crippen LogP contribution in [0.1, 0.15) is 33.1 Å². The van der Waals surface area contributed by atoms with E-state index in [-0.39, 0.29) is 38.0 Å². The fourth-order valence-corrected chi connectivity index (χ4v) is 3.84. The van der Waals surface area contributed by atoms with Gasteiger partial charge in [-0.2, -0.15) is 0 Å².